The predicted molar refractivity (Wildman–Crippen MR) is 174 cm³/mol. The molecule has 0 heterocycles. The number of rotatable bonds is 9. The zero-order chi connectivity index (χ0) is 27.7. The Bertz CT molecular complexity index is 1010. The molecule has 39 heavy (non-hydrogen) atoms. The Morgan fingerprint density at radius 3 is 2.38 bits per heavy atom. The first-order valence-electron chi connectivity index (χ1n) is 15.3. The minimum atomic E-state index is 0. The van der Waals surface area contributed by atoms with E-state index in [-0.39, 0.29) is 27.4 Å². The Hall–Kier alpha value is -1.69. The van der Waals surface area contributed by atoms with E-state index in [1.165, 1.54) is 50.1 Å². The maximum atomic E-state index is 5.19. The highest BCUT2D eigenvalue weighted by Gasteiger charge is 2.66. The zero-order valence-electron chi connectivity index (χ0n) is 25.8. The van der Waals surface area contributed by atoms with Crippen molar-refractivity contribution in [1.29, 1.82) is 0 Å². The van der Waals surface area contributed by atoms with Crippen LogP contribution < -0.4 is 10.6 Å². The van der Waals surface area contributed by atoms with Gasteiger partial charge in [-0.1, -0.05) is 51.2 Å². The first kappa shape index (κ1) is 31.8. The van der Waals surface area contributed by atoms with Gasteiger partial charge in [0.25, 0.3) is 0 Å². The van der Waals surface area contributed by atoms with Gasteiger partial charge in [0.05, 0.1) is 11.6 Å². The minimum absolute atomic E-state index is 0. The highest BCUT2D eigenvalue weighted by molar-refractivity contribution is 6.06. The summed E-state index contributed by atoms with van der Waals surface area (Å²) in [7, 11) is 8.69. The SMILES string of the molecule is C.CC.CC1=CC(N(C)C)=CC2CC12CNCC1CCC(NC(C)/N=C2/C=CC=CC23CC3(C)N(C)C)CC1.[HH].[HH]. The summed E-state index contributed by atoms with van der Waals surface area (Å²) in [6, 6.07) is 0.587. The molecule has 5 nitrogen and oxygen atoms in total. The monoisotopic (exact) mass is 542 g/mol. The van der Waals surface area contributed by atoms with Crippen molar-refractivity contribution in [2.24, 2.45) is 27.7 Å². The summed E-state index contributed by atoms with van der Waals surface area (Å²) in [6.45, 7) is 13.2. The Kier molecular flexibility index (Phi) is 10.2. The van der Waals surface area contributed by atoms with Crippen LogP contribution in [0.25, 0.3) is 0 Å². The van der Waals surface area contributed by atoms with Crippen LogP contribution in [0.2, 0.25) is 0 Å². The van der Waals surface area contributed by atoms with Crippen molar-refractivity contribution in [3.63, 3.8) is 0 Å². The molecule has 5 heteroatoms. The molecule has 224 valence electrons. The molecular weight excluding hydrogens is 478 g/mol. The summed E-state index contributed by atoms with van der Waals surface area (Å²) < 4.78 is 0. The highest BCUT2D eigenvalue weighted by Crippen LogP contribution is 2.62. The first-order valence-corrected chi connectivity index (χ1v) is 15.3. The Morgan fingerprint density at radius 1 is 1.10 bits per heavy atom. The van der Waals surface area contributed by atoms with Crippen molar-refractivity contribution < 1.29 is 2.85 Å². The molecular formula is C34H63N5. The second-order valence-electron chi connectivity index (χ2n) is 13.0. The Morgan fingerprint density at radius 2 is 1.79 bits per heavy atom. The topological polar surface area (TPSA) is 42.9 Å². The fourth-order valence-corrected chi connectivity index (χ4v) is 7.29. The van der Waals surface area contributed by atoms with E-state index >= 15 is 0 Å². The van der Waals surface area contributed by atoms with Gasteiger partial charge < -0.3 is 15.1 Å². The number of allylic oxidation sites excluding steroid dienone is 5. The van der Waals surface area contributed by atoms with Crippen LogP contribution in [0.5, 0.6) is 0 Å². The average molecular weight is 542 g/mol. The summed E-state index contributed by atoms with van der Waals surface area (Å²) in [6.07, 6.45) is 21.6. The van der Waals surface area contributed by atoms with Gasteiger partial charge in [0.1, 0.15) is 0 Å². The van der Waals surface area contributed by atoms with E-state index in [0.717, 1.165) is 24.8 Å². The lowest BCUT2D eigenvalue weighted by molar-refractivity contribution is 0.264. The predicted octanol–water partition coefficient (Wildman–Crippen LogP) is 6.91. The molecule has 0 amide bonds. The summed E-state index contributed by atoms with van der Waals surface area (Å²) in [5.41, 5.74) is 4.85. The van der Waals surface area contributed by atoms with Crippen molar-refractivity contribution in [3.8, 4) is 0 Å². The van der Waals surface area contributed by atoms with Crippen LogP contribution in [0.4, 0.5) is 0 Å². The lowest BCUT2D eigenvalue weighted by atomic mass is 9.85. The molecule has 0 saturated heterocycles. The van der Waals surface area contributed by atoms with Gasteiger partial charge in [-0.15, -0.1) is 0 Å². The van der Waals surface area contributed by atoms with Gasteiger partial charge in [-0.3, -0.25) is 10.3 Å². The third-order valence-corrected chi connectivity index (χ3v) is 10.4. The molecule has 5 aliphatic carbocycles. The van der Waals surface area contributed by atoms with Crippen molar-refractivity contribution in [2.45, 2.75) is 98.3 Å². The van der Waals surface area contributed by atoms with Crippen molar-refractivity contribution >= 4 is 5.71 Å². The molecule has 1 spiro atoms. The van der Waals surface area contributed by atoms with Crippen molar-refractivity contribution in [3.05, 3.63) is 47.7 Å². The van der Waals surface area contributed by atoms with Gasteiger partial charge >= 0.3 is 0 Å². The maximum Gasteiger partial charge on any atom is 0.0971 e. The van der Waals surface area contributed by atoms with Gasteiger partial charge in [0.15, 0.2) is 0 Å². The summed E-state index contributed by atoms with van der Waals surface area (Å²) in [5.74, 6) is 1.54. The molecule has 2 N–H and O–H groups in total. The van der Waals surface area contributed by atoms with Crippen LogP contribution in [0.15, 0.2) is 52.7 Å². The maximum absolute atomic E-state index is 5.19. The number of hydrogen-bond donors (Lipinski definition) is 2. The number of nitrogens with zero attached hydrogens (tertiary/aromatic N) is 3. The zero-order valence-corrected chi connectivity index (χ0v) is 25.8. The molecule has 0 radical (unpaired) electrons. The normalized spacial score (nSPS) is 37.8. The third-order valence-electron chi connectivity index (χ3n) is 10.4. The van der Waals surface area contributed by atoms with Gasteiger partial charge in [0.2, 0.25) is 0 Å². The number of aliphatic imine (C=N–C) groups is 1. The van der Waals surface area contributed by atoms with Gasteiger partial charge in [-0.2, -0.15) is 0 Å². The van der Waals surface area contributed by atoms with Crippen LogP contribution in [0.3, 0.4) is 0 Å². The molecule has 0 aromatic heterocycles. The van der Waals surface area contributed by atoms with E-state index in [9.17, 15) is 0 Å². The summed E-state index contributed by atoms with van der Waals surface area (Å²) in [5, 5.41) is 7.73. The molecule has 5 unspecified atom stereocenters. The van der Waals surface area contributed by atoms with Gasteiger partial charge in [0, 0.05) is 51.9 Å². The fraction of sp³-hybridized carbons (Fsp3) is 0.735. The number of hydrogen-bond acceptors (Lipinski definition) is 5. The van der Waals surface area contributed by atoms with Crippen LogP contribution in [-0.2, 0) is 0 Å². The van der Waals surface area contributed by atoms with Crippen LogP contribution in [-0.4, -0.2) is 74.5 Å². The standard InChI is InChI=1S/C31H49N5.C2H6.CH4.2H2/c1-22-16-27(35(4)5)17-25-18-30(22,25)21-32-19-24-11-13-26(14-12-24)33-23(2)34-28-10-8-9-15-31(28)20-29(31,3)36(6)7;1-2;;;/h8-10,15-17,23-26,32-33H,11-14,18-21H2,1-7H3;1-2H3;1H4;2*1H/b34-28-;;;;. The molecule has 5 aliphatic rings. The first-order chi connectivity index (χ1) is 18.1. The van der Waals surface area contributed by atoms with E-state index in [2.05, 4.69) is 106 Å². The Labute approximate surface area is 243 Å². The van der Waals surface area contributed by atoms with Crippen LogP contribution in [0.1, 0.15) is 83.4 Å². The molecule has 5 atom stereocenters. The molecule has 0 aromatic rings. The van der Waals surface area contributed by atoms with E-state index in [1.54, 1.807) is 5.57 Å². The average Bonchev–Trinajstić information content (AvgIpc) is 3.77. The minimum Gasteiger partial charge on any atom is -0.378 e. The van der Waals surface area contributed by atoms with E-state index in [0.29, 0.717) is 11.5 Å². The van der Waals surface area contributed by atoms with Gasteiger partial charge in [-0.25, -0.2) is 0 Å². The third kappa shape index (κ3) is 6.16. The second kappa shape index (κ2) is 12.4. The number of likely N-dealkylation sites (N-methyl/N-ethyl adjacent to an activating group) is 1. The number of fused-ring (bicyclic) bond motifs is 1. The van der Waals surface area contributed by atoms with Gasteiger partial charge in [-0.05, 0) is 104 Å². The summed E-state index contributed by atoms with van der Waals surface area (Å²) >= 11 is 0. The Balaban J connectivity index is 0.00000165. The highest BCUT2D eigenvalue weighted by atomic mass is 15.2. The van der Waals surface area contributed by atoms with E-state index in [1.807, 2.05) is 13.8 Å². The smallest absolute Gasteiger partial charge is 0.0971 e. The molecule has 0 aliphatic heterocycles. The van der Waals surface area contributed by atoms with Crippen LogP contribution >= 0.6 is 0 Å². The second-order valence-corrected chi connectivity index (χ2v) is 13.0. The lowest BCUT2D eigenvalue weighted by Gasteiger charge is -2.32. The molecule has 0 bridgehead atoms. The van der Waals surface area contributed by atoms with Crippen LogP contribution in [0, 0.1) is 22.7 Å². The molecule has 3 saturated carbocycles. The van der Waals surface area contributed by atoms with E-state index < -0.39 is 0 Å². The largest absolute Gasteiger partial charge is 0.378 e. The quantitative estimate of drug-likeness (QED) is 0.333. The lowest BCUT2D eigenvalue weighted by Crippen LogP contribution is -2.41. The molecule has 0 aromatic carbocycles. The van der Waals surface area contributed by atoms with E-state index in [4.69, 9.17) is 4.99 Å². The number of nitrogens with one attached hydrogen (secondary N) is 2. The molecule has 5 rings (SSSR count). The summed E-state index contributed by atoms with van der Waals surface area (Å²) in [4.78, 5) is 9.80. The molecule has 3 fully saturated rings. The van der Waals surface area contributed by atoms with Crippen molar-refractivity contribution in [2.75, 3.05) is 41.3 Å². The fourth-order valence-electron chi connectivity index (χ4n) is 7.29. The van der Waals surface area contributed by atoms with Crippen molar-refractivity contribution in [1.82, 2.24) is 20.4 Å².